The molecule has 0 atom stereocenters. The summed E-state index contributed by atoms with van der Waals surface area (Å²) in [7, 11) is 1.52. The normalized spacial score (nSPS) is 15.1. The van der Waals surface area contributed by atoms with Gasteiger partial charge in [0.1, 0.15) is 5.69 Å². The Bertz CT molecular complexity index is 853. The Hall–Kier alpha value is -2.67. The van der Waals surface area contributed by atoms with E-state index in [1.54, 1.807) is 0 Å². The van der Waals surface area contributed by atoms with Gasteiger partial charge in [0.05, 0.1) is 0 Å². The van der Waals surface area contributed by atoms with E-state index in [9.17, 15) is 9.59 Å². The van der Waals surface area contributed by atoms with Crippen LogP contribution in [0, 0.1) is 6.92 Å². The van der Waals surface area contributed by atoms with Gasteiger partial charge in [-0.1, -0.05) is 6.92 Å². The van der Waals surface area contributed by atoms with Gasteiger partial charge in [-0.2, -0.15) is 5.10 Å². The predicted octanol–water partition coefficient (Wildman–Crippen LogP) is 1.48. The van der Waals surface area contributed by atoms with Crippen molar-refractivity contribution in [3.05, 3.63) is 51.9 Å². The molecule has 1 fully saturated rings. The van der Waals surface area contributed by atoms with Gasteiger partial charge in [-0.15, -0.1) is 0 Å². The fraction of sp³-hybridized carbons (Fsp3) is 0.421. The average molecular weight is 355 g/mol. The number of carbonyl (C=O) groups is 1. The standard InChI is InChI=1S/C19H25N5O2/c1-4-23-9-11-24(12-10-23)17-7-5-15(13-14(17)2)20-19(26)16-6-8-18(25)22(3)21-16/h5-8,13H,4,9-12H2,1-3H3,(H,20,26). The van der Waals surface area contributed by atoms with Crippen LogP contribution in [-0.4, -0.2) is 53.3 Å². The third kappa shape index (κ3) is 3.94. The van der Waals surface area contributed by atoms with Crippen molar-refractivity contribution in [2.24, 2.45) is 7.05 Å². The number of carbonyl (C=O) groups excluding carboxylic acids is 1. The summed E-state index contributed by atoms with van der Waals surface area (Å²) in [6.45, 7) is 9.53. The summed E-state index contributed by atoms with van der Waals surface area (Å²) >= 11 is 0. The lowest BCUT2D eigenvalue weighted by Crippen LogP contribution is -2.46. The second kappa shape index (κ2) is 7.70. The van der Waals surface area contributed by atoms with Crippen LogP contribution >= 0.6 is 0 Å². The molecule has 1 aliphatic heterocycles. The number of aryl methyl sites for hydroxylation is 2. The zero-order chi connectivity index (χ0) is 18.7. The van der Waals surface area contributed by atoms with Crippen molar-refractivity contribution in [2.75, 3.05) is 42.9 Å². The number of benzene rings is 1. The molecule has 1 N–H and O–H groups in total. The Morgan fingerprint density at radius 3 is 2.50 bits per heavy atom. The number of nitrogens with one attached hydrogen (secondary N) is 1. The maximum Gasteiger partial charge on any atom is 0.276 e. The van der Waals surface area contributed by atoms with E-state index in [4.69, 9.17) is 0 Å². The second-order valence-electron chi connectivity index (χ2n) is 6.56. The van der Waals surface area contributed by atoms with Gasteiger partial charge >= 0.3 is 0 Å². The SMILES string of the molecule is CCN1CCN(c2ccc(NC(=O)c3ccc(=O)n(C)n3)cc2C)CC1. The molecule has 1 amide bonds. The first-order chi connectivity index (χ1) is 12.5. The molecule has 0 saturated carbocycles. The number of likely N-dealkylation sites (N-methyl/N-ethyl adjacent to an activating group) is 1. The van der Waals surface area contributed by atoms with Crippen molar-refractivity contribution in [1.82, 2.24) is 14.7 Å². The van der Waals surface area contributed by atoms with Crippen LogP contribution in [0.2, 0.25) is 0 Å². The van der Waals surface area contributed by atoms with Crippen LogP contribution in [0.5, 0.6) is 0 Å². The van der Waals surface area contributed by atoms with Crippen LogP contribution in [0.3, 0.4) is 0 Å². The number of anilines is 2. The van der Waals surface area contributed by atoms with E-state index >= 15 is 0 Å². The average Bonchev–Trinajstić information content (AvgIpc) is 2.64. The minimum Gasteiger partial charge on any atom is -0.369 e. The summed E-state index contributed by atoms with van der Waals surface area (Å²) in [5, 5.41) is 6.83. The summed E-state index contributed by atoms with van der Waals surface area (Å²) in [5.74, 6) is -0.329. The minimum absolute atomic E-state index is 0.213. The van der Waals surface area contributed by atoms with Crippen LogP contribution in [0.25, 0.3) is 0 Å². The maximum absolute atomic E-state index is 12.3. The fourth-order valence-electron chi connectivity index (χ4n) is 3.21. The van der Waals surface area contributed by atoms with Gasteiger partial charge in [-0.3, -0.25) is 9.59 Å². The maximum atomic E-state index is 12.3. The molecule has 7 heteroatoms. The Kier molecular flexibility index (Phi) is 5.37. The van der Waals surface area contributed by atoms with Crippen LogP contribution in [-0.2, 0) is 7.05 Å². The molecule has 1 aromatic carbocycles. The van der Waals surface area contributed by atoms with Gasteiger partial charge in [-0.25, -0.2) is 4.68 Å². The van der Waals surface area contributed by atoms with Crippen LogP contribution in [0.15, 0.2) is 35.1 Å². The van der Waals surface area contributed by atoms with Crippen LogP contribution in [0.1, 0.15) is 23.0 Å². The van der Waals surface area contributed by atoms with E-state index in [0.29, 0.717) is 0 Å². The molecule has 2 heterocycles. The van der Waals surface area contributed by atoms with Crippen molar-refractivity contribution in [3.8, 4) is 0 Å². The predicted molar refractivity (Wildman–Crippen MR) is 103 cm³/mol. The lowest BCUT2D eigenvalue weighted by Gasteiger charge is -2.36. The van der Waals surface area contributed by atoms with Gasteiger partial charge in [0.25, 0.3) is 11.5 Å². The highest BCUT2D eigenvalue weighted by molar-refractivity contribution is 6.02. The van der Waals surface area contributed by atoms with E-state index in [-0.39, 0.29) is 17.2 Å². The van der Waals surface area contributed by atoms with Gasteiger partial charge in [-0.05, 0) is 43.3 Å². The van der Waals surface area contributed by atoms with E-state index in [2.05, 4.69) is 40.1 Å². The Balaban J connectivity index is 1.70. The lowest BCUT2D eigenvalue weighted by molar-refractivity contribution is 0.102. The highest BCUT2D eigenvalue weighted by Gasteiger charge is 2.17. The molecular formula is C19H25N5O2. The van der Waals surface area contributed by atoms with E-state index in [1.807, 2.05) is 12.1 Å². The van der Waals surface area contributed by atoms with Gasteiger partial charge in [0.2, 0.25) is 0 Å². The smallest absolute Gasteiger partial charge is 0.276 e. The van der Waals surface area contributed by atoms with Gasteiger partial charge in [0.15, 0.2) is 0 Å². The van der Waals surface area contributed by atoms with E-state index in [1.165, 1.54) is 24.9 Å². The quantitative estimate of drug-likeness (QED) is 0.900. The van der Waals surface area contributed by atoms with Crippen LogP contribution < -0.4 is 15.8 Å². The van der Waals surface area contributed by atoms with Crippen molar-refractivity contribution in [3.63, 3.8) is 0 Å². The number of amides is 1. The molecule has 26 heavy (non-hydrogen) atoms. The van der Waals surface area contributed by atoms with Crippen LogP contribution in [0.4, 0.5) is 11.4 Å². The first kappa shape index (κ1) is 18.1. The minimum atomic E-state index is -0.329. The summed E-state index contributed by atoms with van der Waals surface area (Å²) in [4.78, 5) is 28.6. The monoisotopic (exact) mass is 355 g/mol. The molecule has 0 radical (unpaired) electrons. The summed E-state index contributed by atoms with van der Waals surface area (Å²) in [6.07, 6.45) is 0. The highest BCUT2D eigenvalue weighted by Crippen LogP contribution is 2.25. The first-order valence-corrected chi connectivity index (χ1v) is 8.91. The number of hydrogen-bond acceptors (Lipinski definition) is 5. The molecule has 138 valence electrons. The van der Waals surface area contributed by atoms with E-state index in [0.717, 1.165) is 48.7 Å². The zero-order valence-corrected chi connectivity index (χ0v) is 15.5. The molecule has 0 unspecified atom stereocenters. The Morgan fingerprint density at radius 1 is 1.15 bits per heavy atom. The van der Waals surface area contributed by atoms with Gasteiger partial charge < -0.3 is 15.1 Å². The lowest BCUT2D eigenvalue weighted by atomic mass is 10.1. The van der Waals surface area contributed by atoms with E-state index < -0.39 is 0 Å². The third-order valence-electron chi connectivity index (χ3n) is 4.81. The van der Waals surface area contributed by atoms with Crippen molar-refractivity contribution in [1.29, 1.82) is 0 Å². The number of rotatable bonds is 4. The van der Waals surface area contributed by atoms with Crippen molar-refractivity contribution in [2.45, 2.75) is 13.8 Å². The molecular weight excluding hydrogens is 330 g/mol. The fourth-order valence-corrected chi connectivity index (χ4v) is 3.21. The first-order valence-electron chi connectivity index (χ1n) is 8.91. The molecule has 2 aromatic rings. The molecule has 1 saturated heterocycles. The Morgan fingerprint density at radius 2 is 1.88 bits per heavy atom. The van der Waals surface area contributed by atoms with Crippen molar-refractivity contribution < 1.29 is 4.79 Å². The zero-order valence-electron chi connectivity index (χ0n) is 15.5. The molecule has 0 bridgehead atoms. The number of aromatic nitrogens is 2. The largest absolute Gasteiger partial charge is 0.369 e. The highest BCUT2D eigenvalue weighted by atomic mass is 16.2. The molecule has 7 nitrogen and oxygen atoms in total. The summed E-state index contributed by atoms with van der Waals surface area (Å²) in [6, 6.07) is 8.72. The summed E-state index contributed by atoms with van der Waals surface area (Å²) in [5.41, 5.74) is 3.02. The number of hydrogen-bond donors (Lipinski definition) is 1. The third-order valence-corrected chi connectivity index (χ3v) is 4.81. The molecule has 3 rings (SSSR count). The Labute approximate surface area is 153 Å². The van der Waals surface area contributed by atoms with Crippen molar-refractivity contribution >= 4 is 17.3 Å². The molecule has 1 aliphatic rings. The summed E-state index contributed by atoms with van der Waals surface area (Å²) < 4.78 is 1.15. The molecule has 0 aliphatic carbocycles. The number of nitrogens with zero attached hydrogens (tertiary/aromatic N) is 4. The van der Waals surface area contributed by atoms with Gasteiger partial charge in [0, 0.05) is 50.7 Å². The molecule has 0 spiro atoms. The second-order valence-corrected chi connectivity index (χ2v) is 6.56. The molecule has 1 aromatic heterocycles. The number of piperazine rings is 1. The topological polar surface area (TPSA) is 70.5 Å².